The summed E-state index contributed by atoms with van der Waals surface area (Å²) in [4.78, 5) is 12.2. The molecule has 1 N–H and O–H groups in total. The SMILES string of the molecule is C#CCNC1(C(=O)OCC)CC(C)(C)CC1C. The van der Waals surface area contributed by atoms with Crippen LogP contribution in [0.1, 0.15) is 40.5 Å². The van der Waals surface area contributed by atoms with Gasteiger partial charge in [-0.1, -0.05) is 26.7 Å². The van der Waals surface area contributed by atoms with Crippen LogP contribution in [-0.2, 0) is 9.53 Å². The van der Waals surface area contributed by atoms with Gasteiger partial charge in [0.25, 0.3) is 0 Å². The summed E-state index contributed by atoms with van der Waals surface area (Å²) in [6, 6.07) is 0. The number of nitrogens with one attached hydrogen (secondary N) is 1. The van der Waals surface area contributed by atoms with Crippen LogP contribution in [0.15, 0.2) is 0 Å². The Bertz CT molecular complexity index is 330. The van der Waals surface area contributed by atoms with E-state index in [1.807, 2.05) is 6.92 Å². The molecule has 0 bridgehead atoms. The molecule has 1 fully saturated rings. The van der Waals surface area contributed by atoms with E-state index in [0.29, 0.717) is 13.2 Å². The molecule has 0 aromatic rings. The minimum atomic E-state index is -0.605. The van der Waals surface area contributed by atoms with E-state index >= 15 is 0 Å². The largest absolute Gasteiger partial charge is 0.465 e. The molecule has 0 aromatic carbocycles. The fourth-order valence-electron chi connectivity index (χ4n) is 3.06. The number of rotatable bonds is 4. The van der Waals surface area contributed by atoms with Crippen molar-refractivity contribution in [3.8, 4) is 12.3 Å². The van der Waals surface area contributed by atoms with Crippen LogP contribution in [0.5, 0.6) is 0 Å². The number of hydrogen-bond acceptors (Lipinski definition) is 3. The highest BCUT2D eigenvalue weighted by molar-refractivity contribution is 5.82. The van der Waals surface area contributed by atoms with Crippen molar-refractivity contribution in [2.24, 2.45) is 11.3 Å². The second-order valence-electron chi connectivity index (χ2n) is 5.70. The summed E-state index contributed by atoms with van der Waals surface area (Å²) in [6.07, 6.45) is 7.07. The average Bonchev–Trinajstić information content (AvgIpc) is 2.47. The van der Waals surface area contributed by atoms with E-state index in [4.69, 9.17) is 11.2 Å². The zero-order valence-corrected chi connectivity index (χ0v) is 11.3. The maximum atomic E-state index is 12.2. The van der Waals surface area contributed by atoms with E-state index in [0.717, 1.165) is 12.8 Å². The number of esters is 1. The van der Waals surface area contributed by atoms with Crippen LogP contribution in [0, 0.1) is 23.7 Å². The minimum Gasteiger partial charge on any atom is -0.465 e. The van der Waals surface area contributed by atoms with E-state index < -0.39 is 5.54 Å². The summed E-state index contributed by atoms with van der Waals surface area (Å²) in [5.74, 6) is 2.63. The number of terminal acetylenes is 1. The van der Waals surface area contributed by atoms with E-state index in [-0.39, 0.29) is 17.3 Å². The third-order valence-electron chi connectivity index (χ3n) is 3.60. The lowest BCUT2D eigenvalue weighted by Crippen LogP contribution is -2.55. The molecule has 3 heteroatoms. The van der Waals surface area contributed by atoms with Crippen molar-refractivity contribution in [1.82, 2.24) is 5.32 Å². The molecule has 1 aliphatic rings. The Morgan fingerprint density at radius 3 is 2.65 bits per heavy atom. The Kier molecular flexibility index (Phi) is 4.21. The average molecular weight is 237 g/mol. The molecule has 0 spiro atoms. The molecule has 96 valence electrons. The lowest BCUT2D eigenvalue weighted by molar-refractivity contribution is -0.152. The van der Waals surface area contributed by atoms with Gasteiger partial charge in [-0.15, -0.1) is 6.42 Å². The Balaban J connectivity index is 2.95. The first-order chi connectivity index (χ1) is 7.88. The van der Waals surface area contributed by atoms with Gasteiger partial charge >= 0.3 is 5.97 Å². The van der Waals surface area contributed by atoms with Crippen LogP contribution in [-0.4, -0.2) is 24.7 Å². The third kappa shape index (κ3) is 2.81. The van der Waals surface area contributed by atoms with E-state index in [1.165, 1.54) is 0 Å². The number of ether oxygens (including phenoxy) is 1. The molecule has 0 saturated heterocycles. The molecule has 2 unspecified atom stereocenters. The highest BCUT2D eigenvalue weighted by Gasteiger charge is 2.54. The first-order valence-corrected chi connectivity index (χ1v) is 6.23. The van der Waals surface area contributed by atoms with E-state index in [2.05, 4.69) is 32.0 Å². The van der Waals surface area contributed by atoms with Crippen molar-refractivity contribution in [3.63, 3.8) is 0 Å². The lowest BCUT2D eigenvalue weighted by atomic mass is 9.86. The van der Waals surface area contributed by atoms with Crippen LogP contribution >= 0.6 is 0 Å². The fourth-order valence-corrected chi connectivity index (χ4v) is 3.06. The number of hydrogen-bond donors (Lipinski definition) is 1. The van der Waals surface area contributed by atoms with Gasteiger partial charge in [0.2, 0.25) is 0 Å². The molecule has 1 saturated carbocycles. The van der Waals surface area contributed by atoms with Gasteiger partial charge in [-0.25, -0.2) is 0 Å². The smallest absolute Gasteiger partial charge is 0.326 e. The summed E-state index contributed by atoms with van der Waals surface area (Å²) < 4.78 is 5.22. The molecule has 0 amide bonds. The maximum Gasteiger partial charge on any atom is 0.326 e. The van der Waals surface area contributed by atoms with Crippen molar-refractivity contribution in [1.29, 1.82) is 0 Å². The summed E-state index contributed by atoms with van der Waals surface area (Å²) in [5.41, 5.74) is -0.459. The van der Waals surface area contributed by atoms with E-state index in [1.54, 1.807) is 0 Å². The summed E-state index contributed by atoms with van der Waals surface area (Å²) in [7, 11) is 0. The molecule has 0 aliphatic heterocycles. The standard InChI is InChI=1S/C14H23NO2/c1-6-8-15-14(12(16)17-7-2)10-13(4,5)9-11(14)3/h1,11,15H,7-10H2,2-5H3. The van der Waals surface area contributed by atoms with Gasteiger partial charge in [0.15, 0.2) is 0 Å². The molecule has 0 radical (unpaired) electrons. The third-order valence-corrected chi connectivity index (χ3v) is 3.60. The zero-order valence-electron chi connectivity index (χ0n) is 11.3. The molecule has 1 aliphatic carbocycles. The van der Waals surface area contributed by atoms with Gasteiger partial charge in [-0.05, 0) is 31.1 Å². The van der Waals surface area contributed by atoms with Crippen LogP contribution in [0.3, 0.4) is 0 Å². The quantitative estimate of drug-likeness (QED) is 0.600. The van der Waals surface area contributed by atoms with Gasteiger partial charge in [0, 0.05) is 0 Å². The minimum absolute atomic E-state index is 0.147. The summed E-state index contributed by atoms with van der Waals surface area (Å²) in [5, 5.41) is 3.22. The molecule has 17 heavy (non-hydrogen) atoms. The van der Waals surface area contributed by atoms with Gasteiger partial charge < -0.3 is 4.74 Å². The molecule has 0 heterocycles. The summed E-state index contributed by atoms with van der Waals surface area (Å²) >= 11 is 0. The molecule has 0 aromatic heterocycles. The predicted octanol–water partition coefficient (Wildman–Crippen LogP) is 1.97. The maximum absolute atomic E-state index is 12.2. The molecule has 2 atom stereocenters. The first kappa shape index (κ1) is 14.1. The first-order valence-electron chi connectivity index (χ1n) is 6.23. The molecule has 3 nitrogen and oxygen atoms in total. The molecular formula is C14H23NO2. The number of carbonyl (C=O) groups is 1. The monoisotopic (exact) mass is 237 g/mol. The normalized spacial score (nSPS) is 30.9. The molecule has 1 rings (SSSR count). The lowest BCUT2D eigenvalue weighted by Gasteiger charge is -2.32. The Hall–Kier alpha value is -1.01. The van der Waals surface area contributed by atoms with Crippen LogP contribution in [0.25, 0.3) is 0 Å². The van der Waals surface area contributed by atoms with Crippen molar-refractivity contribution < 1.29 is 9.53 Å². The van der Waals surface area contributed by atoms with Crippen LogP contribution in [0.2, 0.25) is 0 Å². The topological polar surface area (TPSA) is 38.3 Å². The van der Waals surface area contributed by atoms with Crippen molar-refractivity contribution >= 4 is 5.97 Å². The second kappa shape index (κ2) is 5.10. The van der Waals surface area contributed by atoms with Gasteiger partial charge in [-0.2, -0.15) is 0 Å². The Morgan fingerprint density at radius 1 is 1.59 bits per heavy atom. The Labute approximate surface area is 104 Å². The van der Waals surface area contributed by atoms with Crippen molar-refractivity contribution in [3.05, 3.63) is 0 Å². The van der Waals surface area contributed by atoms with E-state index in [9.17, 15) is 4.79 Å². The second-order valence-corrected chi connectivity index (χ2v) is 5.70. The van der Waals surface area contributed by atoms with Gasteiger partial charge in [0.1, 0.15) is 5.54 Å². The van der Waals surface area contributed by atoms with Crippen LogP contribution < -0.4 is 5.32 Å². The highest BCUT2D eigenvalue weighted by Crippen LogP contribution is 2.47. The molecular weight excluding hydrogens is 214 g/mol. The zero-order chi connectivity index (χ0) is 13.1. The fraction of sp³-hybridized carbons (Fsp3) is 0.786. The van der Waals surface area contributed by atoms with Crippen LogP contribution in [0.4, 0.5) is 0 Å². The van der Waals surface area contributed by atoms with Crippen molar-refractivity contribution in [2.45, 2.75) is 46.1 Å². The van der Waals surface area contributed by atoms with Gasteiger partial charge in [-0.3, -0.25) is 10.1 Å². The number of carbonyl (C=O) groups excluding carboxylic acids is 1. The van der Waals surface area contributed by atoms with Crippen molar-refractivity contribution in [2.75, 3.05) is 13.2 Å². The van der Waals surface area contributed by atoms with Gasteiger partial charge in [0.05, 0.1) is 13.2 Å². The predicted molar refractivity (Wildman–Crippen MR) is 68.4 cm³/mol. The Morgan fingerprint density at radius 2 is 2.24 bits per heavy atom. The highest BCUT2D eigenvalue weighted by atomic mass is 16.5. The summed E-state index contributed by atoms with van der Waals surface area (Å²) in [6.45, 7) is 9.10.